The van der Waals surface area contributed by atoms with E-state index in [1.165, 1.54) is 16.0 Å². The Morgan fingerprint density at radius 3 is 2.65 bits per heavy atom. The third kappa shape index (κ3) is 4.13. The maximum atomic E-state index is 4.45. The fraction of sp³-hybridized carbons (Fsp3) is 0.438. The molecule has 0 radical (unpaired) electrons. The van der Waals surface area contributed by atoms with Crippen molar-refractivity contribution in [3.63, 3.8) is 0 Å². The molecule has 1 heterocycles. The summed E-state index contributed by atoms with van der Waals surface area (Å²) >= 11 is 1.77. The molecule has 0 fully saturated rings. The molecule has 2 N–H and O–H groups in total. The van der Waals surface area contributed by atoms with Crippen molar-refractivity contribution in [1.82, 2.24) is 15.6 Å². The highest BCUT2D eigenvalue weighted by atomic mass is 32.1. The second kappa shape index (κ2) is 7.53. The molecule has 20 heavy (non-hydrogen) atoms. The number of aryl methyl sites for hydroxylation is 1. The summed E-state index contributed by atoms with van der Waals surface area (Å²) in [6.07, 6.45) is 3.01. The van der Waals surface area contributed by atoms with Crippen molar-refractivity contribution in [3.8, 4) is 0 Å². The quantitative estimate of drug-likeness (QED) is 0.822. The number of benzene rings is 1. The molecule has 0 amide bonds. The zero-order valence-electron chi connectivity index (χ0n) is 12.4. The number of nitrogens with zero attached hydrogens (tertiary/aromatic N) is 1. The summed E-state index contributed by atoms with van der Waals surface area (Å²) in [6.45, 7) is 6.17. The number of thiazole rings is 1. The zero-order valence-corrected chi connectivity index (χ0v) is 13.3. The minimum absolute atomic E-state index is 0.297. The van der Waals surface area contributed by atoms with Gasteiger partial charge in [0, 0.05) is 17.6 Å². The van der Waals surface area contributed by atoms with Gasteiger partial charge >= 0.3 is 0 Å². The number of nitrogens with one attached hydrogen (secondary N) is 2. The summed E-state index contributed by atoms with van der Waals surface area (Å²) in [4.78, 5) is 5.71. The number of aromatic nitrogens is 1. The van der Waals surface area contributed by atoms with Crippen molar-refractivity contribution < 1.29 is 0 Å². The van der Waals surface area contributed by atoms with Gasteiger partial charge in [-0.2, -0.15) is 0 Å². The normalized spacial score (nSPS) is 12.6. The van der Waals surface area contributed by atoms with Crippen LogP contribution in [0.25, 0.3) is 0 Å². The highest BCUT2D eigenvalue weighted by Gasteiger charge is 2.09. The Hall–Kier alpha value is -1.23. The number of hydrogen-bond acceptors (Lipinski definition) is 4. The van der Waals surface area contributed by atoms with Crippen LogP contribution in [0.5, 0.6) is 0 Å². The van der Waals surface area contributed by atoms with Gasteiger partial charge in [0.15, 0.2) is 0 Å². The van der Waals surface area contributed by atoms with Crippen molar-refractivity contribution in [1.29, 1.82) is 0 Å². The summed E-state index contributed by atoms with van der Waals surface area (Å²) in [5.74, 6) is 0. The molecule has 2 rings (SSSR count). The predicted octanol–water partition coefficient (Wildman–Crippen LogP) is 3.06. The number of rotatable bonds is 7. The molecule has 1 aromatic heterocycles. The molecule has 0 aliphatic heterocycles. The van der Waals surface area contributed by atoms with Crippen molar-refractivity contribution in [2.24, 2.45) is 0 Å². The molecule has 0 saturated carbocycles. The van der Waals surface area contributed by atoms with Crippen molar-refractivity contribution in [2.45, 2.75) is 32.9 Å². The van der Waals surface area contributed by atoms with Crippen LogP contribution in [-0.4, -0.2) is 18.6 Å². The lowest BCUT2D eigenvalue weighted by atomic mass is 10.0. The monoisotopic (exact) mass is 289 g/mol. The topological polar surface area (TPSA) is 37.0 Å². The maximum Gasteiger partial charge on any atom is 0.109 e. The van der Waals surface area contributed by atoms with Gasteiger partial charge in [-0.25, -0.2) is 4.98 Å². The van der Waals surface area contributed by atoms with E-state index >= 15 is 0 Å². The van der Waals surface area contributed by atoms with Crippen LogP contribution in [0.4, 0.5) is 0 Å². The van der Waals surface area contributed by atoms with Gasteiger partial charge in [-0.1, -0.05) is 24.3 Å². The van der Waals surface area contributed by atoms with E-state index in [1.807, 2.05) is 13.2 Å². The Balaban J connectivity index is 1.96. The van der Waals surface area contributed by atoms with Crippen LogP contribution >= 0.6 is 11.3 Å². The fourth-order valence-electron chi connectivity index (χ4n) is 2.16. The second-order valence-corrected chi connectivity index (χ2v) is 6.30. The smallest absolute Gasteiger partial charge is 0.109 e. The van der Waals surface area contributed by atoms with Crippen LogP contribution < -0.4 is 10.6 Å². The lowest BCUT2D eigenvalue weighted by Crippen LogP contribution is -2.19. The third-order valence-electron chi connectivity index (χ3n) is 3.37. The summed E-state index contributed by atoms with van der Waals surface area (Å²) in [5.41, 5.74) is 2.79. The van der Waals surface area contributed by atoms with Crippen LogP contribution in [0.2, 0.25) is 0 Å². The summed E-state index contributed by atoms with van der Waals surface area (Å²) in [5, 5.41) is 7.94. The lowest BCUT2D eigenvalue weighted by Gasteiger charge is -2.14. The predicted molar refractivity (Wildman–Crippen MR) is 86.2 cm³/mol. The molecule has 0 bridgehead atoms. The number of hydrogen-bond donors (Lipinski definition) is 2. The minimum atomic E-state index is 0.297. The van der Waals surface area contributed by atoms with E-state index in [0.29, 0.717) is 6.04 Å². The molecular formula is C16H23N3S. The van der Waals surface area contributed by atoms with E-state index in [2.05, 4.69) is 53.7 Å². The SMILES string of the molecule is CNCCc1ccccc1CNC(C)c1ncc(C)s1. The lowest BCUT2D eigenvalue weighted by molar-refractivity contribution is 0.569. The molecule has 2 aromatic rings. The summed E-state index contributed by atoms with van der Waals surface area (Å²) < 4.78 is 0. The number of likely N-dealkylation sites (N-methyl/N-ethyl adjacent to an activating group) is 1. The molecule has 108 valence electrons. The largest absolute Gasteiger partial charge is 0.319 e. The molecule has 4 heteroatoms. The van der Waals surface area contributed by atoms with Crippen molar-refractivity contribution >= 4 is 11.3 Å². The average Bonchev–Trinajstić information content (AvgIpc) is 2.90. The molecule has 1 unspecified atom stereocenters. The molecule has 1 aromatic carbocycles. The van der Waals surface area contributed by atoms with E-state index in [1.54, 1.807) is 11.3 Å². The maximum absolute atomic E-state index is 4.45. The van der Waals surface area contributed by atoms with Gasteiger partial charge < -0.3 is 10.6 Å². The Morgan fingerprint density at radius 1 is 1.25 bits per heavy atom. The van der Waals surface area contributed by atoms with Crippen LogP contribution in [0.15, 0.2) is 30.5 Å². The molecule has 3 nitrogen and oxygen atoms in total. The molecule has 0 spiro atoms. The Morgan fingerprint density at radius 2 is 2.00 bits per heavy atom. The second-order valence-electron chi connectivity index (χ2n) is 5.03. The Bertz CT molecular complexity index is 536. The van der Waals surface area contributed by atoms with Gasteiger partial charge in [-0.15, -0.1) is 11.3 Å². The first kappa shape index (κ1) is 15.2. The molecule has 0 aliphatic carbocycles. The first-order valence-electron chi connectivity index (χ1n) is 7.07. The van der Waals surface area contributed by atoms with E-state index in [0.717, 1.165) is 24.5 Å². The minimum Gasteiger partial charge on any atom is -0.319 e. The van der Waals surface area contributed by atoms with Crippen LogP contribution in [0.3, 0.4) is 0 Å². The molecular weight excluding hydrogens is 266 g/mol. The average molecular weight is 289 g/mol. The molecule has 0 saturated heterocycles. The fourth-order valence-corrected chi connectivity index (χ4v) is 2.96. The molecule has 0 aliphatic rings. The van der Waals surface area contributed by atoms with Gasteiger partial charge in [0.2, 0.25) is 0 Å². The van der Waals surface area contributed by atoms with Crippen molar-refractivity contribution in [2.75, 3.05) is 13.6 Å². The van der Waals surface area contributed by atoms with Gasteiger partial charge in [0.05, 0.1) is 6.04 Å². The summed E-state index contributed by atoms with van der Waals surface area (Å²) in [7, 11) is 1.99. The summed E-state index contributed by atoms with van der Waals surface area (Å²) in [6, 6.07) is 8.94. The van der Waals surface area contributed by atoms with Crippen LogP contribution in [0, 0.1) is 6.92 Å². The van der Waals surface area contributed by atoms with E-state index < -0.39 is 0 Å². The van der Waals surface area contributed by atoms with Crippen LogP contribution in [0.1, 0.15) is 34.0 Å². The Labute approximate surface area is 125 Å². The van der Waals surface area contributed by atoms with E-state index in [9.17, 15) is 0 Å². The molecule has 1 atom stereocenters. The van der Waals surface area contributed by atoms with Crippen LogP contribution in [-0.2, 0) is 13.0 Å². The Kier molecular flexibility index (Phi) is 5.71. The van der Waals surface area contributed by atoms with Gasteiger partial charge in [-0.05, 0) is 45.0 Å². The first-order chi connectivity index (χ1) is 9.70. The van der Waals surface area contributed by atoms with Gasteiger partial charge in [0.1, 0.15) is 5.01 Å². The van der Waals surface area contributed by atoms with Gasteiger partial charge in [0.25, 0.3) is 0 Å². The zero-order chi connectivity index (χ0) is 14.4. The van der Waals surface area contributed by atoms with E-state index in [4.69, 9.17) is 0 Å². The highest BCUT2D eigenvalue weighted by molar-refractivity contribution is 7.11. The van der Waals surface area contributed by atoms with Crippen molar-refractivity contribution in [3.05, 3.63) is 51.5 Å². The van der Waals surface area contributed by atoms with Gasteiger partial charge in [-0.3, -0.25) is 0 Å². The highest BCUT2D eigenvalue weighted by Crippen LogP contribution is 2.19. The standard InChI is InChI=1S/C16H23N3S/c1-12-10-19-16(20-12)13(2)18-11-15-7-5-4-6-14(15)8-9-17-3/h4-7,10,13,17-18H,8-9,11H2,1-3H3. The van der Waals surface area contributed by atoms with E-state index in [-0.39, 0.29) is 0 Å². The third-order valence-corrected chi connectivity index (χ3v) is 4.47. The first-order valence-corrected chi connectivity index (χ1v) is 7.89.